The monoisotopic (exact) mass is 188 g/mol. The summed E-state index contributed by atoms with van der Waals surface area (Å²) in [6, 6.07) is 0. The highest BCUT2D eigenvalue weighted by molar-refractivity contribution is 5.90. The van der Waals surface area contributed by atoms with Crippen LogP contribution in [0.2, 0.25) is 0 Å². The molecular formula is C12H16N2. The summed E-state index contributed by atoms with van der Waals surface area (Å²) in [7, 11) is 0. The van der Waals surface area contributed by atoms with E-state index in [1.54, 1.807) is 0 Å². The van der Waals surface area contributed by atoms with Crippen molar-refractivity contribution in [3.05, 3.63) is 44.1 Å². The van der Waals surface area contributed by atoms with Gasteiger partial charge in [0.05, 0.1) is 6.54 Å². The van der Waals surface area contributed by atoms with Gasteiger partial charge >= 0.3 is 0 Å². The number of hydrogen-bond donors (Lipinski definition) is 0. The molecule has 1 aliphatic heterocycles. The summed E-state index contributed by atoms with van der Waals surface area (Å²) in [5.74, 6) is 1.14. The maximum Gasteiger partial charge on any atom is 0.262 e. The SMILES string of the molecule is [CH2-]C[N+]1(C[CH2-])CCN=C1C=C1C=C[CH+]1. The van der Waals surface area contributed by atoms with Crippen LogP contribution in [0.5, 0.6) is 0 Å². The second-order valence-electron chi connectivity index (χ2n) is 3.73. The molecule has 2 nitrogen and oxygen atoms in total. The van der Waals surface area contributed by atoms with Gasteiger partial charge < -0.3 is 4.48 Å². The van der Waals surface area contributed by atoms with Crippen LogP contribution in [-0.4, -0.2) is 36.5 Å². The largest absolute Gasteiger partial charge is 0.316 e. The molecule has 1 heterocycles. The lowest BCUT2D eigenvalue weighted by atomic mass is 10.0. The molecule has 2 rings (SSSR count). The van der Waals surface area contributed by atoms with Gasteiger partial charge in [-0.25, -0.2) is 4.99 Å². The van der Waals surface area contributed by atoms with Crippen LogP contribution < -0.4 is 0 Å². The molecule has 0 saturated heterocycles. The van der Waals surface area contributed by atoms with E-state index in [1.807, 2.05) is 6.08 Å². The first kappa shape index (κ1) is 9.53. The van der Waals surface area contributed by atoms with Gasteiger partial charge in [0, 0.05) is 18.6 Å². The van der Waals surface area contributed by atoms with Crippen LogP contribution in [0.3, 0.4) is 0 Å². The lowest BCUT2D eigenvalue weighted by molar-refractivity contribution is -0.822. The van der Waals surface area contributed by atoms with E-state index in [9.17, 15) is 0 Å². The number of hydrogen-bond acceptors (Lipinski definition) is 1. The number of quaternary nitrogens is 1. The summed E-state index contributed by atoms with van der Waals surface area (Å²) in [6.07, 6.45) is 8.40. The Morgan fingerprint density at radius 2 is 2.21 bits per heavy atom. The van der Waals surface area contributed by atoms with E-state index < -0.39 is 0 Å². The molecule has 0 spiro atoms. The van der Waals surface area contributed by atoms with E-state index in [4.69, 9.17) is 0 Å². The predicted molar refractivity (Wildman–Crippen MR) is 59.4 cm³/mol. The summed E-state index contributed by atoms with van der Waals surface area (Å²) < 4.78 is 0.838. The van der Waals surface area contributed by atoms with Gasteiger partial charge in [0.25, 0.3) is 5.84 Å². The molecule has 2 heteroatoms. The summed E-state index contributed by atoms with van der Waals surface area (Å²) in [5, 5.41) is 0. The standard InChI is InChI=1S/C12H16N2/c1-3-14(4-2)9-8-13-12(14)10-11-6-5-7-11/h5-7,10H,1-4,8-9H2. The third-order valence-electron chi connectivity index (χ3n) is 3.02. The minimum atomic E-state index is 0.838. The van der Waals surface area contributed by atoms with Gasteiger partial charge in [-0.2, -0.15) is 0 Å². The smallest absolute Gasteiger partial charge is 0.262 e. The van der Waals surface area contributed by atoms with Gasteiger partial charge in [0.1, 0.15) is 18.2 Å². The molecule has 0 saturated carbocycles. The fourth-order valence-electron chi connectivity index (χ4n) is 1.82. The van der Waals surface area contributed by atoms with Crippen LogP contribution in [0.25, 0.3) is 0 Å². The molecule has 1 aliphatic carbocycles. The summed E-state index contributed by atoms with van der Waals surface area (Å²) >= 11 is 0. The highest BCUT2D eigenvalue weighted by Crippen LogP contribution is 2.20. The van der Waals surface area contributed by atoms with Crippen molar-refractivity contribution in [3.8, 4) is 0 Å². The number of nitrogens with zero attached hydrogens (tertiary/aromatic N) is 2. The van der Waals surface area contributed by atoms with Gasteiger partial charge in [-0.3, -0.25) is 13.8 Å². The minimum absolute atomic E-state index is 0.838. The predicted octanol–water partition coefficient (Wildman–Crippen LogP) is 1.58. The zero-order valence-corrected chi connectivity index (χ0v) is 8.45. The van der Waals surface area contributed by atoms with Gasteiger partial charge in [0.2, 0.25) is 0 Å². The van der Waals surface area contributed by atoms with Crippen molar-refractivity contribution >= 4 is 5.84 Å². The quantitative estimate of drug-likeness (QED) is 0.471. The molecule has 74 valence electrons. The molecule has 0 amide bonds. The molecule has 0 aromatic carbocycles. The van der Waals surface area contributed by atoms with Gasteiger partial charge in [-0.05, 0) is 13.1 Å². The molecule has 0 unspecified atom stereocenters. The second kappa shape index (κ2) is 3.62. The van der Waals surface area contributed by atoms with Crippen LogP contribution in [-0.2, 0) is 0 Å². The highest BCUT2D eigenvalue weighted by atomic mass is 15.4. The van der Waals surface area contributed by atoms with Gasteiger partial charge in [0.15, 0.2) is 0 Å². The molecule has 2 aliphatic rings. The van der Waals surface area contributed by atoms with Crippen molar-refractivity contribution in [3.63, 3.8) is 0 Å². The zero-order chi connectivity index (χ0) is 10.0. The lowest BCUT2D eigenvalue weighted by Gasteiger charge is -2.36. The van der Waals surface area contributed by atoms with Crippen LogP contribution >= 0.6 is 0 Å². The van der Waals surface area contributed by atoms with Crippen molar-refractivity contribution in [1.82, 2.24) is 0 Å². The van der Waals surface area contributed by atoms with Crippen molar-refractivity contribution in [2.75, 3.05) is 26.2 Å². The lowest BCUT2D eigenvalue weighted by Crippen LogP contribution is -2.50. The van der Waals surface area contributed by atoms with Gasteiger partial charge in [-0.1, -0.05) is 0 Å². The Bertz CT molecular complexity index is 306. The molecule has 0 atom stereocenters. The van der Waals surface area contributed by atoms with E-state index >= 15 is 0 Å². The van der Waals surface area contributed by atoms with Crippen molar-refractivity contribution in [1.29, 1.82) is 0 Å². The molecule has 0 radical (unpaired) electrons. The van der Waals surface area contributed by atoms with E-state index in [0.29, 0.717) is 0 Å². The topological polar surface area (TPSA) is 12.4 Å². The summed E-state index contributed by atoms with van der Waals surface area (Å²) in [5.41, 5.74) is 1.26. The Hall–Kier alpha value is -1.02. The Labute approximate surface area is 86.2 Å². The Morgan fingerprint density at radius 1 is 1.50 bits per heavy atom. The highest BCUT2D eigenvalue weighted by Gasteiger charge is 2.31. The fourth-order valence-corrected chi connectivity index (χ4v) is 1.82. The molecule has 0 bridgehead atoms. The summed E-state index contributed by atoms with van der Waals surface area (Å²) in [6.45, 7) is 11.7. The first-order chi connectivity index (χ1) is 6.80. The number of rotatable bonds is 3. The van der Waals surface area contributed by atoms with Gasteiger partial charge in [-0.15, -0.1) is 0 Å². The zero-order valence-electron chi connectivity index (χ0n) is 8.45. The first-order valence-electron chi connectivity index (χ1n) is 5.03. The Balaban J connectivity index is 2.20. The van der Waals surface area contributed by atoms with Crippen molar-refractivity contribution < 1.29 is 4.48 Å². The average molecular weight is 188 g/mol. The molecule has 14 heavy (non-hydrogen) atoms. The van der Waals surface area contributed by atoms with E-state index in [0.717, 1.165) is 36.5 Å². The number of amidine groups is 1. The third-order valence-corrected chi connectivity index (χ3v) is 3.02. The van der Waals surface area contributed by atoms with E-state index in [-0.39, 0.29) is 0 Å². The van der Waals surface area contributed by atoms with Crippen LogP contribution in [0.4, 0.5) is 0 Å². The van der Waals surface area contributed by atoms with Crippen molar-refractivity contribution in [2.24, 2.45) is 4.99 Å². The number of aliphatic imine (C=N–C) groups is 1. The maximum atomic E-state index is 4.53. The average Bonchev–Trinajstić information content (AvgIpc) is 2.55. The molecule has 0 aromatic heterocycles. The summed E-state index contributed by atoms with van der Waals surface area (Å²) in [4.78, 5) is 4.53. The first-order valence-corrected chi connectivity index (χ1v) is 5.03. The molecule has 0 aromatic rings. The molecule has 0 N–H and O–H groups in total. The third kappa shape index (κ3) is 1.40. The van der Waals surface area contributed by atoms with Crippen molar-refractivity contribution in [2.45, 2.75) is 0 Å². The minimum Gasteiger partial charge on any atom is -0.316 e. The molecule has 0 fully saturated rings. The van der Waals surface area contributed by atoms with Crippen LogP contribution in [0, 0.1) is 20.3 Å². The molecular weight excluding hydrogens is 172 g/mol. The Morgan fingerprint density at radius 3 is 2.71 bits per heavy atom. The fraction of sp³-hybridized carbons (Fsp3) is 0.333. The Kier molecular flexibility index (Phi) is 2.46. The second-order valence-corrected chi connectivity index (χ2v) is 3.73. The van der Waals surface area contributed by atoms with Crippen LogP contribution in [0.1, 0.15) is 0 Å². The van der Waals surface area contributed by atoms with Crippen LogP contribution in [0.15, 0.2) is 28.8 Å². The van der Waals surface area contributed by atoms with E-state index in [2.05, 4.69) is 37.4 Å². The number of allylic oxidation sites excluding steroid dienone is 3. The maximum absolute atomic E-state index is 4.53. The van der Waals surface area contributed by atoms with E-state index in [1.165, 1.54) is 5.57 Å². The normalized spacial score (nSPS) is 25.9.